The van der Waals surface area contributed by atoms with Crippen molar-refractivity contribution in [1.82, 2.24) is 0 Å². The summed E-state index contributed by atoms with van der Waals surface area (Å²) in [6, 6.07) is 19.4. The van der Waals surface area contributed by atoms with E-state index in [-0.39, 0.29) is 10.8 Å². The van der Waals surface area contributed by atoms with Gasteiger partial charge in [0.2, 0.25) is 0 Å². The molecule has 128 valence electrons. The van der Waals surface area contributed by atoms with E-state index in [1.165, 1.54) is 36.8 Å². The van der Waals surface area contributed by atoms with Crippen molar-refractivity contribution >= 4 is 0 Å². The van der Waals surface area contributed by atoms with Gasteiger partial charge in [0.25, 0.3) is 0 Å². The lowest BCUT2D eigenvalue weighted by molar-refractivity contribution is 0.0604. The molecule has 0 saturated heterocycles. The second-order valence-corrected chi connectivity index (χ2v) is 7.83. The molecule has 0 radical (unpaired) electrons. The van der Waals surface area contributed by atoms with E-state index in [9.17, 15) is 0 Å². The molecule has 0 aromatic heterocycles. The predicted octanol–water partition coefficient (Wildman–Crippen LogP) is 6.30. The third-order valence-electron chi connectivity index (χ3n) is 6.40. The van der Waals surface area contributed by atoms with Gasteiger partial charge in [-0.2, -0.15) is 0 Å². The highest BCUT2D eigenvalue weighted by Gasteiger charge is 2.46. The zero-order valence-electron chi connectivity index (χ0n) is 15.3. The smallest absolute Gasteiger partial charge is 0.122 e. The summed E-state index contributed by atoms with van der Waals surface area (Å²) in [5, 5.41) is 0. The molecule has 0 unspecified atom stereocenters. The first-order valence-corrected chi connectivity index (χ1v) is 9.29. The molecule has 0 amide bonds. The Morgan fingerprint density at radius 3 is 2.29 bits per heavy atom. The van der Waals surface area contributed by atoms with Crippen molar-refractivity contribution in [2.45, 2.75) is 58.3 Å². The molecule has 1 fully saturated rings. The zero-order chi connectivity index (χ0) is 17.0. The van der Waals surface area contributed by atoms with E-state index in [0.717, 1.165) is 18.8 Å². The van der Waals surface area contributed by atoms with Gasteiger partial charge >= 0.3 is 0 Å². The maximum Gasteiger partial charge on any atom is 0.122 e. The van der Waals surface area contributed by atoms with Crippen LogP contribution in [0, 0.1) is 12.3 Å². The Morgan fingerprint density at radius 1 is 0.875 bits per heavy atom. The van der Waals surface area contributed by atoms with Gasteiger partial charge in [-0.15, -0.1) is 0 Å². The summed E-state index contributed by atoms with van der Waals surface area (Å²) in [6.07, 6.45) is 6.34. The predicted molar refractivity (Wildman–Crippen MR) is 102 cm³/mol. The van der Waals surface area contributed by atoms with E-state index in [2.05, 4.69) is 75.4 Å². The van der Waals surface area contributed by atoms with Crippen LogP contribution in [0.1, 0.15) is 57.1 Å². The van der Waals surface area contributed by atoms with E-state index in [4.69, 9.17) is 4.74 Å². The van der Waals surface area contributed by atoms with Gasteiger partial charge < -0.3 is 4.74 Å². The van der Waals surface area contributed by atoms with E-state index in [1.807, 2.05) is 0 Å². The van der Waals surface area contributed by atoms with Crippen LogP contribution in [0.2, 0.25) is 0 Å². The third-order valence-corrected chi connectivity index (χ3v) is 6.40. The summed E-state index contributed by atoms with van der Waals surface area (Å²) in [6.45, 7) is 7.85. The molecule has 2 atom stereocenters. The number of hydrogen-bond donors (Lipinski definition) is 0. The molecule has 1 aliphatic carbocycles. The van der Waals surface area contributed by atoms with Crippen LogP contribution in [0.5, 0.6) is 5.75 Å². The van der Waals surface area contributed by atoms with Crippen LogP contribution in [0.4, 0.5) is 0 Å². The minimum Gasteiger partial charge on any atom is -0.493 e. The van der Waals surface area contributed by atoms with Crippen LogP contribution in [-0.4, -0.2) is 6.61 Å². The first kappa shape index (κ1) is 17.1. The molecule has 2 aromatic rings. The Labute approximate surface area is 147 Å². The highest BCUT2D eigenvalue weighted by atomic mass is 16.5. The van der Waals surface area contributed by atoms with Gasteiger partial charge in [-0.3, -0.25) is 0 Å². The highest BCUT2D eigenvalue weighted by Crippen LogP contribution is 2.53. The topological polar surface area (TPSA) is 9.23 Å². The lowest BCUT2D eigenvalue weighted by Crippen LogP contribution is -2.45. The summed E-state index contributed by atoms with van der Waals surface area (Å²) in [5.74, 6) is 1.03. The first-order valence-electron chi connectivity index (χ1n) is 9.29. The molecule has 0 heterocycles. The van der Waals surface area contributed by atoms with Crippen molar-refractivity contribution in [3.05, 3.63) is 65.7 Å². The Morgan fingerprint density at radius 2 is 1.54 bits per heavy atom. The minimum atomic E-state index is 0.238. The monoisotopic (exact) mass is 322 g/mol. The number of benzene rings is 2. The van der Waals surface area contributed by atoms with Crippen LogP contribution in [0.25, 0.3) is 0 Å². The van der Waals surface area contributed by atoms with E-state index < -0.39 is 0 Å². The fraction of sp³-hybridized carbons (Fsp3) is 0.478. The molecule has 3 rings (SSSR count). The molecule has 0 spiro atoms. The molecule has 0 bridgehead atoms. The molecule has 24 heavy (non-hydrogen) atoms. The van der Waals surface area contributed by atoms with Gasteiger partial charge in [0.05, 0.1) is 6.61 Å². The van der Waals surface area contributed by atoms with E-state index in [1.54, 1.807) is 0 Å². The second kappa shape index (κ2) is 7.01. The number of ether oxygens (including phenoxy) is 1. The van der Waals surface area contributed by atoms with Gasteiger partial charge in [-0.25, -0.2) is 0 Å². The summed E-state index contributed by atoms with van der Waals surface area (Å²) < 4.78 is 6.13. The van der Waals surface area contributed by atoms with Crippen LogP contribution in [0.3, 0.4) is 0 Å². The molecule has 0 aliphatic heterocycles. The Bertz CT molecular complexity index is 663. The number of aryl methyl sites for hydroxylation is 1. The van der Waals surface area contributed by atoms with Crippen molar-refractivity contribution in [3.63, 3.8) is 0 Å². The second-order valence-electron chi connectivity index (χ2n) is 7.83. The summed E-state index contributed by atoms with van der Waals surface area (Å²) >= 11 is 0. The van der Waals surface area contributed by atoms with Crippen molar-refractivity contribution in [3.8, 4) is 5.75 Å². The third kappa shape index (κ3) is 3.22. The van der Waals surface area contributed by atoms with Gasteiger partial charge in [0.1, 0.15) is 5.75 Å². The van der Waals surface area contributed by atoms with E-state index in [0.29, 0.717) is 0 Å². The Hall–Kier alpha value is -1.76. The minimum absolute atomic E-state index is 0.238. The average Bonchev–Trinajstić information content (AvgIpc) is 2.60. The van der Waals surface area contributed by atoms with Crippen LogP contribution < -0.4 is 4.74 Å². The molecular formula is C23H30O. The van der Waals surface area contributed by atoms with Crippen LogP contribution in [0.15, 0.2) is 54.6 Å². The van der Waals surface area contributed by atoms with Gasteiger partial charge in [0, 0.05) is 0 Å². The number of hydrogen-bond acceptors (Lipinski definition) is 1. The van der Waals surface area contributed by atoms with Gasteiger partial charge in [-0.05, 0) is 54.2 Å². The summed E-state index contributed by atoms with van der Waals surface area (Å²) in [5.41, 5.74) is 3.23. The SMILES string of the molecule is Cc1ccccc1OCC[C@]1(C)CCCC[C@]1(C)c1ccccc1. The summed E-state index contributed by atoms with van der Waals surface area (Å²) in [7, 11) is 0. The van der Waals surface area contributed by atoms with Gasteiger partial charge in [0.15, 0.2) is 0 Å². The molecule has 0 N–H and O–H groups in total. The molecule has 1 nitrogen and oxygen atoms in total. The van der Waals surface area contributed by atoms with E-state index >= 15 is 0 Å². The first-order chi connectivity index (χ1) is 11.6. The van der Waals surface area contributed by atoms with Crippen molar-refractivity contribution in [1.29, 1.82) is 0 Å². The van der Waals surface area contributed by atoms with Crippen LogP contribution >= 0.6 is 0 Å². The Kier molecular flexibility index (Phi) is 4.99. The lowest BCUT2D eigenvalue weighted by atomic mass is 9.54. The molecule has 1 heteroatoms. The molecule has 1 saturated carbocycles. The Balaban J connectivity index is 1.75. The average molecular weight is 322 g/mol. The van der Waals surface area contributed by atoms with Crippen LogP contribution in [-0.2, 0) is 5.41 Å². The standard InChI is InChI=1S/C23H30O/c1-19-11-7-8-14-21(19)24-18-17-22(2)15-9-10-16-23(22,3)20-12-5-4-6-13-20/h4-8,11-14H,9-10,15-18H2,1-3H3/t22-,23+/m0/s1. The summed E-state index contributed by atoms with van der Waals surface area (Å²) in [4.78, 5) is 0. The number of rotatable bonds is 5. The van der Waals surface area contributed by atoms with Crippen molar-refractivity contribution < 1.29 is 4.74 Å². The zero-order valence-corrected chi connectivity index (χ0v) is 15.3. The quantitative estimate of drug-likeness (QED) is 0.627. The van der Waals surface area contributed by atoms with Crippen molar-refractivity contribution in [2.24, 2.45) is 5.41 Å². The van der Waals surface area contributed by atoms with Crippen molar-refractivity contribution in [2.75, 3.05) is 6.61 Å². The maximum absolute atomic E-state index is 6.13. The largest absolute Gasteiger partial charge is 0.493 e. The normalized spacial score (nSPS) is 27.0. The molecule has 1 aliphatic rings. The number of para-hydroxylation sites is 1. The lowest BCUT2D eigenvalue weighted by Gasteiger charge is -2.51. The fourth-order valence-electron chi connectivity index (χ4n) is 4.38. The highest BCUT2D eigenvalue weighted by molar-refractivity contribution is 5.32. The fourth-order valence-corrected chi connectivity index (χ4v) is 4.38. The molecule has 2 aromatic carbocycles. The maximum atomic E-state index is 6.13. The molecular weight excluding hydrogens is 292 g/mol. The van der Waals surface area contributed by atoms with Gasteiger partial charge in [-0.1, -0.05) is 75.2 Å².